The SMILES string of the molecule is CCCCCCCCCCC[C@H](CC(=O)ON1C(=O)CCC1=O)OC(=O)[C@H](CC(C)C)NC(=O)[C@@H](CC(C)C)NC(=O)[C@H](CC(=O)OCc1ccccc1)NC(=O)[C@@H](NC(=O)[C@@H](CC(C)C)NC(=O)[C@H](CC(C)C)NC(=O)[C@@H](N)CCC(=O)OCc1ccccc1)C(C)C. The minimum atomic E-state index is -1.71. The maximum Gasteiger partial charge on any atom is 0.336 e. The zero-order valence-corrected chi connectivity index (χ0v) is 57.4. The predicted molar refractivity (Wildman–Crippen MR) is 352 cm³/mol. The van der Waals surface area contributed by atoms with Crippen LogP contribution in [0.4, 0.5) is 0 Å². The van der Waals surface area contributed by atoms with Crippen LogP contribution in [-0.2, 0) is 89.8 Å². The number of nitrogens with one attached hydrogen (secondary N) is 6. The number of rotatable bonds is 45. The highest BCUT2D eigenvalue weighted by atomic mass is 16.7. The fraction of sp³-hybridized carbons (Fsp3) is 0.657. The van der Waals surface area contributed by atoms with Gasteiger partial charge < -0.3 is 56.7 Å². The van der Waals surface area contributed by atoms with Crippen LogP contribution >= 0.6 is 0 Å². The molecule has 8 N–H and O–H groups in total. The molecule has 0 unspecified atom stereocenters. The molecule has 3 rings (SSSR count). The van der Waals surface area contributed by atoms with E-state index in [9.17, 15) is 57.5 Å². The van der Waals surface area contributed by atoms with Crippen LogP contribution in [0.25, 0.3) is 0 Å². The van der Waals surface area contributed by atoms with Crippen LogP contribution < -0.4 is 37.6 Å². The molecule has 8 amide bonds. The Hall–Kier alpha value is -7.76. The minimum Gasteiger partial charge on any atom is -0.461 e. The molecule has 0 aliphatic carbocycles. The van der Waals surface area contributed by atoms with Gasteiger partial charge in [-0.3, -0.25) is 47.9 Å². The molecule has 1 fully saturated rings. The highest BCUT2D eigenvalue weighted by Crippen LogP contribution is 2.21. The largest absolute Gasteiger partial charge is 0.461 e. The molecule has 2 aromatic rings. The Balaban J connectivity index is 1.87. The normalized spacial score (nSPS) is 14.9. The lowest BCUT2D eigenvalue weighted by Crippen LogP contribution is -2.61. The Bertz CT molecular complexity index is 2730. The van der Waals surface area contributed by atoms with Gasteiger partial charge in [-0.05, 0) is 85.7 Å². The second kappa shape index (κ2) is 43.3. The van der Waals surface area contributed by atoms with E-state index in [1.165, 1.54) is 12.8 Å². The number of amides is 8. The number of carbonyl (C=O) groups excluding carboxylic acids is 12. The summed E-state index contributed by atoms with van der Waals surface area (Å²) in [6, 6.07) is 8.44. The van der Waals surface area contributed by atoms with Gasteiger partial charge in [-0.25, -0.2) is 9.59 Å². The Labute approximate surface area is 555 Å². The summed E-state index contributed by atoms with van der Waals surface area (Å²) in [6.07, 6.45) is 6.80. The van der Waals surface area contributed by atoms with Gasteiger partial charge in [0, 0.05) is 19.3 Å². The fourth-order valence-electron chi connectivity index (χ4n) is 10.4. The third-order valence-corrected chi connectivity index (χ3v) is 15.6. The number of benzene rings is 2. The molecule has 1 aliphatic heterocycles. The average molecular weight is 1320 g/mol. The molecule has 1 heterocycles. The van der Waals surface area contributed by atoms with E-state index in [1.807, 2.05) is 59.7 Å². The number of unbranched alkanes of at least 4 members (excludes halogenated alkanes) is 8. The van der Waals surface area contributed by atoms with Crippen molar-refractivity contribution in [2.75, 3.05) is 0 Å². The Kier molecular flexibility index (Phi) is 37.0. The Morgan fingerprint density at radius 2 is 0.862 bits per heavy atom. The number of carbonyl (C=O) groups is 12. The second-order valence-corrected chi connectivity index (χ2v) is 26.6. The monoisotopic (exact) mass is 1320 g/mol. The molecule has 0 bridgehead atoms. The Morgan fingerprint density at radius 1 is 0.457 bits per heavy atom. The summed E-state index contributed by atoms with van der Waals surface area (Å²) >= 11 is 0. The molecular formula is C70H108N8O16. The lowest BCUT2D eigenvalue weighted by molar-refractivity contribution is -0.199. The molecule has 0 aromatic heterocycles. The third-order valence-electron chi connectivity index (χ3n) is 15.6. The smallest absolute Gasteiger partial charge is 0.336 e. The highest BCUT2D eigenvalue weighted by molar-refractivity contribution is 6.02. The molecule has 24 heteroatoms. The topological polar surface area (TPSA) is 343 Å². The van der Waals surface area contributed by atoms with Crippen LogP contribution in [0.2, 0.25) is 0 Å². The van der Waals surface area contributed by atoms with Gasteiger partial charge in [-0.15, -0.1) is 5.06 Å². The van der Waals surface area contributed by atoms with Crippen molar-refractivity contribution in [2.24, 2.45) is 35.3 Å². The van der Waals surface area contributed by atoms with Gasteiger partial charge in [0.25, 0.3) is 11.8 Å². The molecule has 24 nitrogen and oxygen atoms in total. The highest BCUT2D eigenvalue weighted by Gasteiger charge is 2.38. The summed E-state index contributed by atoms with van der Waals surface area (Å²) in [6.45, 7) is 19.9. The number of esters is 3. The number of hydroxylamine groups is 2. The zero-order chi connectivity index (χ0) is 69.9. The Morgan fingerprint density at radius 3 is 1.33 bits per heavy atom. The van der Waals surface area contributed by atoms with E-state index in [0.717, 1.165) is 44.1 Å². The van der Waals surface area contributed by atoms with Gasteiger partial charge in [-0.1, -0.05) is 188 Å². The predicted octanol–water partition coefficient (Wildman–Crippen LogP) is 7.55. The molecule has 0 spiro atoms. The first-order chi connectivity index (χ1) is 44.6. The quantitative estimate of drug-likeness (QED) is 0.0146. The summed E-state index contributed by atoms with van der Waals surface area (Å²) in [5.74, 6) is -10.9. The first-order valence-corrected chi connectivity index (χ1v) is 33.8. The maximum absolute atomic E-state index is 14.7. The van der Waals surface area contributed by atoms with Crippen LogP contribution in [0.3, 0.4) is 0 Å². The molecule has 524 valence electrons. The van der Waals surface area contributed by atoms with Crippen LogP contribution in [0.1, 0.15) is 216 Å². The zero-order valence-electron chi connectivity index (χ0n) is 57.4. The van der Waals surface area contributed by atoms with Crippen molar-refractivity contribution in [2.45, 2.75) is 266 Å². The van der Waals surface area contributed by atoms with Crippen LogP contribution in [0.15, 0.2) is 60.7 Å². The van der Waals surface area contributed by atoms with Crippen molar-refractivity contribution >= 4 is 71.1 Å². The molecule has 0 saturated carbocycles. The number of hydrogen-bond acceptors (Lipinski definition) is 17. The summed E-state index contributed by atoms with van der Waals surface area (Å²) in [4.78, 5) is 169. The van der Waals surface area contributed by atoms with E-state index < -0.39 is 138 Å². The van der Waals surface area contributed by atoms with E-state index in [0.29, 0.717) is 17.0 Å². The number of nitrogens with two attached hydrogens (primary N) is 1. The van der Waals surface area contributed by atoms with Gasteiger partial charge in [0.05, 0.1) is 18.9 Å². The van der Waals surface area contributed by atoms with E-state index in [-0.39, 0.29) is 94.7 Å². The van der Waals surface area contributed by atoms with Crippen LogP contribution in [0, 0.1) is 29.6 Å². The van der Waals surface area contributed by atoms with Gasteiger partial charge in [0.2, 0.25) is 35.4 Å². The van der Waals surface area contributed by atoms with Gasteiger partial charge in [-0.2, -0.15) is 0 Å². The van der Waals surface area contributed by atoms with Crippen molar-refractivity contribution in [3.05, 3.63) is 71.8 Å². The van der Waals surface area contributed by atoms with Crippen molar-refractivity contribution in [3.63, 3.8) is 0 Å². The molecule has 1 aliphatic rings. The summed E-state index contributed by atoms with van der Waals surface area (Å²) in [5, 5.41) is 16.7. The summed E-state index contributed by atoms with van der Waals surface area (Å²) in [5.41, 5.74) is 7.63. The summed E-state index contributed by atoms with van der Waals surface area (Å²) < 4.78 is 16.9. The van der Waals surface area contributed by atoms with Crippen molar-refractivity contribution < 1.29 is 76.6 Å². The number of imide groups is 1. The van der Waals surface area contributed by atoms with Crippen LogP contribution in [0.5, 0.6) is 0 Å². The number of hydrogen-bond donors (Lipinski definition) is 7. The summed E-state index contributed by atoms with van der Waals surface area (Å²) in [7, 11) is 0. The average Bonchev–Trinajstić information content (AvgIpc) is 1.23. The second-order valence-electron chi connectivity index (χ2n) is 26.6. The number of nitrogens with zero attached hydrogens (tertiary/aromatic N) is 1. The maximum atomic E-state index is 14.7. The fourth-order valence-corrected chi connectivity index (χ4v) is 10.4. The molecule has 1 saturated heterocycles. The van der Waals surface area contributed by atoms with Crippen LogP contribution in [-0.4, -0.2) is 125 Å². The lowest BCUT2D eigenvalue weighted by atomic mass is 9.98. The van der Waals surface area contributed by atoms with E-state index >= 15 is 0 Å². The molecule has 94 heavy (non-hydrogen) atoms. The standard InChI is InChI=1S/C70H108N8O16/c1-12-13-14-15-16-17-18-19-26-31-51(40-62(83)94-78-58(79)33-34-59(78)80)93-70(90)57(39-47(8)9)76-66(86)54(37-45(4)5)73-67(87)56(41-61(82)92-43-50-29-24-21-25-30-50)75-69(89)63(48(10)11)77-68(88)55(38-46(6)7)74-65(85)53(36-44(2)3)72-64(84)52(71)32-35-60(81)91-42-49-27-22-20-23-28-49/h20-25,27-30,44-48,51-57,63H,12-19,26,31-43,71H2,1-11H3,(H,72,84)(H,73,87)(H,74,85)(H,75,89)(H,76,86)(H,77,88)/t51-,52+,53+,54-,55-,56+,57+,63+/m1/s1. The van der Waals surface area contributed by atoms with Gasteiger partial charge in [0.15, 0.2) is 0 Å². The van der Waals surface area contributed by atoms with E-state index in [2.05, 4.69) is 38.8 Å². The number of ether oxygens (including phenoxy) is 3. The minimum absolute atomic E-state index is 0.00923. The van der Waals surface area contributed by atoms with Crippen molar-refractivity contribution in [1.29, 1.82) is 0 Å². The third kappa shape index (κ3) is 31.9. The van der Waals surface area contributed by atoms with E-state index in [4.69, 9.17) is 24.8 Å². The molecule has 0 radical (unpaired) electrons. The first kappa shape index (κ1) is 80.5. The lowest BCUT2D eigenvalue weighted by Gasteiger charge is -2.30. The van der Waals surface area contributed by atoms with E-state index in [1.54, 1.807) is 70.2 Å². The molecule has 8 atom stereocenters. The first-order valence-electron chi connectivity index (χ1n) is 33.8. The van der Waals surface area contributed by atoms with Crippen molar-refractivity contribution in [1.82, 2.24) is 37.0 Å². The van der Waals surface area contributed by atoms with Gasteiger partial charge >= 0.3 is 23.9 Å². The molecular weight excluding hydrogens is 1210 g/mol. The van der Waals surface area contributed by atoms with Gasteiger partial charge in [0.1, 0.15) is 55.6 Å². The van der Waals surface area contributed by atoms with Crippen molar-refractivity contribution in [3.8, 4) is 0 Å². The molecule has 2 aromatic carbocycles.